The molecule has 3 rings (SSSR count). The summed E-state index contributed by atoms with van der Waals surface area (Å²) in [5.41, 5.74) is 9.34. The molecule has 2 aromatic rings. The van der Waals surface area contributed by atoms with Gasteiger partial charge in [0.15, 0.2) is 18.0 Å². The summed E-state index contributed by atoms with van der Waals surface area (Å²) in [4.78, 5) is 76.8. The number of ketones is 1. The van der Waals surface area contributed by atoms with Crippen molar-refractivity contribution in [3.63, 3.8) is 0 Å². The summed E-state index contributed by atoms with van der Waals surface area (Å²) in [5.74, 6) is -4.24. The van der Waals surface area contributed by atoms with Crippen LogP contribution in [0.25, 0.3) is 0 Å². The summed E-state index contributed by atoms with van der Waals surface area (Å²) in [6.07, 6.45) is -3.23. The van der Waals surface area contributed by atoms with Crippen LogP contribution in [0.2, 0.25) is 0 Å². The van der Waals surface area contributed by atoms with E-state index in [1.807, 2.05) is 38.1 Å². The number of alkyl carbamates (subject to hydrolysis) is 1. The Labute approximate surface area is 268 Å². The number of carbonyl (C=O) groups is 6. The lowest BCUT2D eigenvalue weighted by atomic mass is 9.89. The summed E-state index contributed by atoms with van der Waals surface area (Å²) in [6.45, 7) is 5.24. The molecule has 4 atom stereocenters. The Balaban J connectivity index is 1.76. The fourth-order valence-electron chi connectivity index (χ4n) is 4.72. The second kappa shape index (κ2) is 17.6. The zero-order valence-electron chi connectivity index (χ0n) is 26.3. The minimum atomic E-state index is -1.21. The van der Waals surface area contributed by atoms with Gasteiger partial charge in [-0.05, 0) is 36.8 Å². The van der Waals surface area contributed by atoms with Crippen LogP contribution in [0.4, 0.5) is 4.79 Å². The molecule has 13 heteroatoms. The van der Waals surface area contributed by atoms with E-state index in [4.69, 9.17) is 19.9 Å². The number of nitrogens with two attached hydrogens (primary N) is 1. The number of rotatable bonds is 17. The van der Waals surface area contributed by atoms with E-state index in [1.165, 1.54) is 0 Å². The van der Waals surface area contributed by atoms with Crippen molar-refractivity contribution >= 4 is 35.6 Å². The molecule has 13 nitrogen and oxygen atoms in total. The Bertz CT molecular complexity index is 1350. The molecular formula is C33H42N4O9. The van der Waals surface area contributed by atoms with Crippen molar-refractivity contribution in [3.8, 4) is 0 Å². The quantitative estimate of drug-likeness (QED) is 0.133. The number of benzene rings is 2. The van der Waals surface area contributed by atoms with Crippen LogP contribution in [0, 0.1) is 11.8 Å². The van der Waals surface area contributed by atoms with Gasteiger partial charge in [0, 0.05) is 12.8 Å². The fourth-order valence-corrected chi connectivity index (χ4v) is 4.72. The van der Waals surface area contributed by atoms with Gasteiger partial charge in [-0.3, -0.25) is 29.6 Å². The Morgan fingerprint density at radius 1 is 0.913 bits per heavy atom. The Hall–Kier alpha value is -4.78. The first-order valence-corrected chi connectivity index (χ1v) is 15.2. The minimum Gasteiger partial charge on any atom is -0.464 e. The van der Waals surface area contributed by atoms with Crippen molar-refractivity contribution in [2.24, 2.45) is 17.6 Å². The van der Waals surface area contributed by atoms with Crippen molar-refractivity contribution in [2.75, 3.05) is 13.2 Å². The second-order valence-corrected chi connectivity index (χ2v) is 11.4. The van der Waals surface area contributed by atoms with Gasteiger partial charge in [-0.15, -0.1) is 0 Å². The van der Waals surface area contributed by atoms with Gasteiger partial charge >= 0.3 is 12.1 Å². The number of nitrogens with zero attached hydrogens (tertiary/aromatic N) is 1. The first-order valence-electron chi connectivity index (χ1n) is 15.2. The average Bonchev–Trinajstić information content (AvgIpc) is 3.83. The number of hydrogen-bond donors (Lipinski definition) is 3. The third-order valence-electron chi connectivity index (χ3n) is 7.09. The van der Waals surface area contributed by atoms with Gasteiger partial charge in [0.25, 0.3) is 5.91 Å². The van der Waals surface area contributed by atoms with Crippen LogP contribution in [0.3, 0.4) is 0 Å². The van der Waals surface area contributed by atoms with E-state index < -0.39 is 59.7 Å². The molecule has 1 fully saturated rings. The van der Waals surface area contributed by atoms with Crippen LogP contribution in [-0.2, 0) is 51.2 Å². The predicted octanol–water partition coefficient (Wildman–Crippen LogP) is 2.21. The summed E-state index contributed by atoms with van der Waals surface area (Å²) >= 11 is 0. The maximum absolute atomic E-state index is 13.7. The molecule has 46 heavy (non-hydrogen) atoms. The van der Waals surface area contributed by atoms with Gasteiger partial charge in [0.2, 0.25) is 11.8 Å². The lowest BCUT2D eigenvalue weighted by Gasteiger charge is -2.26. The van der Waals surface area contributed by atoms with Crippen LogP contribution < -0.4 is 16.5 Å². The molecule has 0 spiro atoms. The molecule has 1 heterocycles. The Morgan fingerprint density at radius 2 is 1.54 bits per heavy atom. The van der Waals surface area contributed by atoms with E-state index in [9.17, 15) is 28.8 Å². The maximum atomic E-state index is 13.7. The van der Waals surface area contributed by atoms with Gasteiger partial charge in [0.05, 0.1) is 25.1 Å². The molecule has 4 amide bonds. The summed E-state index contributed by atoms with van der Waals surface area (Å²) < 4.78 is 15.4. The highest BCUT2D eigenvalue weighted by Crippen LogP contribution is 2.26. The van der Waals surface area contributed by atoms with Crippen molar-refractivity contribution < 1.29 is 43.0 Å². The van der Waals surface area contributed by atoms with Gasteiger partial charge in [0.1, 0.15) is 6.61 Å². The van der Waals surface area contributed by atoms with Crippen LogP contribution >= 0.6 is 0 Å². The molecule has 2 unspecified atom stereocenters. The zero-order valence-corrected chi connectivity index (χ0v) is 26.3. The highest BCUT2D eigenvalue weighted by molar-refractivity contribution is 5.95. The van der Waals surface area contributed by atoms with Crippen molar-refractivity contribution in [3.05, 3.63) is 71.8 Å². The highest BCUT2D eigenvalue weighted by atomic mass is 16.6. The van der Waals surface area contributed by atoms with E-state index in [-0.39, 0.29) is 44.9 Å². The molecule has 4 N–H and O–H groups in total. The molecule has 2 aromatic carbocycles. The van der Waals surface area contributed by atoms with Gasteiger partial charge in [-0.1, -0.05) is 74.5 Å². The molecule has 248 valence electrons. The summed E-state index contributed by atoms with van der Waals surface area (Å²) in [5, 5.41) is 3.53. The fraction of sp³-hybridized carbons (Fsp3) is 0.455. The predicted molar refractivity (Wildman–Crippen MR) is 165 cm³/mol. The number of carbonyl (C=O) groups excluding carboxylic acids is 6. The first-order chi connectivity index (χ1) is 22.0. The third kappa shape index (κ3) is 11.6. The Morgan fingerprint density at radius 3 is 2.13 bits per heavy atom. The van der Waals surface area contributed by atoms with Crippen LogP contribution in [0.15, 0.2) is 60.7 Å². The van der Waals surface area contributed by atoms with E-state index in [1.54, 1.807) is 43.3 Å². The number of ether oxygens (including phenoxy) is 3. The number of nitrogens with one attached hydrogen (secondary N) is 2. The topological polar surface area (TPSA) is 187 Å². The minimum absolute atomic E-state index is 0.0190. The maximum Gasteiger partial charge on any atom is 0.408 e. The highest BCUT2D eigenvalue weighted by Gasteiger charge is 2.53. The number of amides is 4. The second-order valence-electron chi connectivity index (χ2n) is 11.4. The van der Waals surface area contributed by atoms with Gasteiger partial charge in [-0.2, -0.15) is 0 Å². The summed E-state index contributed by atoms with van der Waals surface area (Å²) in [7, 11) is 0. The normalized spacial score (nSPS) is 16.4. The van der Waals surface area contributed by atoms with Crippen molar-refractivity contribution in [1.29, 1.82) is 0 Å². The first kappa shape index (κ1) is 35.7. The van der Waals surface area contributed by atoms with Crippen LogP contribution in [0.1, 0.15) is 51.2 Å². The molecule has 0 bridgehead atoms. The number of hydrazine groups is 1. The van der Waals surface area contributed by atoms with E-state index in [0.717, 1.165) is 16.1 Å². The molecule has 1 aliphatic heterocycles. The van der Waals surface area contributed by atoms with Crippen molar-refractivity contribution in [1.82, 2.24) is 15.8 Å². The largest absolute Gasteiger partial charge is 0.464 e. The van der Waals surface area contributed by atoms with E-state index >= 15 is 0 Å². The number of esters is 1. The molecule has 1 saturated heterocycles. The zero-order chi connectivity index (χ0) is 33.6. The Kier molecular flexibility index (Phi) is 13.7. The standard InChI is InChI=1S/C33H42N4O9/c1-4-44-32(42)29-28(46-29)31(41)37(16-15-27(34)39)36-30(40)24(18-22-11-7-5-8-12-22)19-26(38)25(17-21(2)3)35-33(43)45-20-23-13-9-6-10-14-23/h5-14,21,24-25,28-29H,4,15-20H2,1-3H3,(H2,34,39)(H,35,43)(H,36,40)/t24-,25+,28?,29?/m1/s1. The molecule has 0 radical (unpaired) electrons. The van der Waals surface area contributed by atoms with Crippen LogP contribution in [-0.4, -0.2) is 72.0 Å². The molecule has 0 saturated carbocycles. The number of hydrogen-bond acceptors (Lipinski definition) is 9. The monoisotopic (exact) mass is 638 g/mol. The average molecular weight is 639 g/mol. The van der Waals surface area contributed by atoms with E-state index in [0.29, 0.717) is 6.42 Å². The van der Waals surface area contributed by atoms with Gasteiger partial charge < -0.3 is 25.3 Å². The molecule has 0 aliphatic carbocycles. The van der Waals surface area contributed by atoms with Crippen molar-refractivity contribution in [2.45, 2.75) is 71.3 Å². The number of Topliss-reactive ketones (excluding diaryl/α,β-unsaturated/α-hetero) is 1. The van der Waals surface area contributed by atoms with Gasteiger partial charge in [-0.25, -0.2) is 9.59 Å². The smallest absolute Gasteiger partial charge is 0.408 e. The third-order valence-corrected chi connectivity index (χ3v) is 7.09. The van der Waals surface area contributed by atoms with Crippen LogP contribution in [0.5, 0.6) is 0 Å². The SMILES string of the molecule is CCOC(=O)C1OC1C(=O)N(CCC(N)=O)NC(=O)[C@@H](CC(=O)[C@H](CC(C)C)NC(=O)OCc1ccccc1)Cc1ccccc1. The summed E-state index contributed by atoms with van der Waals surface area (Å²) in [6, 6.07) is 17.1. The lowest BCUT2D eigenvalue weighted by molar-refractivity contribution is -0.146. The lowest BCUT2D eigenvalue weighted by Crippen LogP contribution is -2.52. The number of primary amides is 1. The van der Waals surface area contributed by atoms with E-state index in [2.05, 4.69) is 10.7 Å². The molecular weight excluding hydrogens is 596 g/mol. The molecule has 0 aromatic heterocycles. The number of epoxide rings is 1. The molecule has 1 aliphatic rings.